The van der Waals surface area contributed by atoms with Gasteiger partial charge in [-0.3, -0.25) is 19.8 Å². The summed E-state index contributed by atoms with van der Waals surface area (Å²) >= 11 is 12.3. The molecule has 0 aliphatic carbocycles. The number of nitro groups is 1. The maximum Gasteiger partial charge on any atom is 0.416 e. The molecule has 1 amide bonds. The second-order valence-electron chi connectivity index (χ2n) is 7.42. The molecule has 184 valence electrons. The van der Waals surface area contributed by atoms with Gasteiger partial charge in [-0.05, 0) is 36.4 Å². The Morgan fingerprint density at radius 1 is 1.11 bits per heavy atom. The van der Waals surface area contributed by atoms with Crippen LogP contribution in [0.4, 0.5) is 24.5 Å². The molecule has 1 saturated heterocycles. The monoisotopic (exact) mass is 550 g/mol. The molecule has 0 atom stereocenters. The van der Waals surface area contributed by atoms with Crippen LogP contribution >= 0.6 is 35.6 Å². The highest BCUT2D eigenvalue weighted by Crippen LogP contribution is 2.39. The number of thiocarbonyl (C=S) groups is 1. The number of hydrogen-bond donors (Lipinski definition) is 0. The van der Waals surface area contributed by atoms with E-state index in [0.29, 0.717) is 10.6 Å². The van der Waals surface area contributed by atoms with Crippen LogP contribution in [0.2, 0.25) is 5.02 Å². The van der Waals surface area contributed by atoms with Gasteiger partial charge >= 0.3 is 6.18 Å². The first-order chi connectivity index (χ1) is 17.0. The van der Waals surface area contributed by atoms with Crippen LogP contribution in [0.1, 0.15) is 16.7 Å². The van der Waals surface area contributed by atoms with Crippen molar-refractivity contribution in [1.82, 2.24) is 0 Å². The summed E-state index contributed by atoms with van der Waals surface area (Å²) in [6, 6.07) is 15.1. The van der Waals surface area contributed by atoms with Gasteiger partial charge in [0.2, 0.25) is 0 Å². The first-order valence-electron chi connectivity index (χ1n) is 10.1. The van der Waals surface area contributed by atoms with Crippen LogP contribution < -0.4 is 9.64 Å². The smallest absolute Gasteiger partial charge is 0.416 e. The van der Waals surface area contributed by atoms with Crippen LogP contribution in [0.3, 0.4) is 0 Å². The van der Waals surface area contributed by atoms with Crippen molar-refractivity contribution < 1.29 is 27.6 Å². The summed E-state index contributed by atoms with van der Waals surface area (Å²) in [6.07, 6.45) is -3.23. The molecule has 4 rings (SSSR count). The number of hydrogen-bond acceptors (Lipinski definition) is 6. The number of non-ortho nitro benzene ring substituents is 1. The predicted molar refractivity (Wildman–Crippen MR) is 136 cm³/mol. The topological polar surface area (TPSA) is 72.7 Å². The second kappa shape index (κ2) is 10.3. The predicted octanol–water partition coefficient (Wildman–Crippen LogP) is 7.25. The van der Waals surface area contributed by atoms with E-state index in [4.69, 9.17) is 28.6 Å². The average Bonchev–Trinajstić information content (AvgIpc) is 3.11. The normalized spacial score (nSPS) is 15.0. The molecule has 0 spiro atoms. The molecule has 1 fully saturated rings. The minimum atomic E-state index is -4.59. The minimum absolute atomic E-state index is 0.0227. The highest BCUT2D eigenvalue weighted by molar-refractivity contribution is 8.27. The van der Waals surface area contributed by atoms with Crippen molar-refractivity contribution >= 4 is 63.3 Å². The molecule has 36 heavy (non-hydrogen) atoms. The standard InChI is InChI=1S/C24H14ClF3N2O4S2/c25-19-7-2-1-4-14(19)13-34-20-9-8-18(30(32)33)10-15(20)11-21-22(31)29(23(35)36-21)17-6-3-5-16(12-17)24(26,27)28/h1-12H,13H2/b21-11+. The lowest BCUT2D eigenvalue weighted by atomic mass is 10.1. The van der Waals surface area contributed by atoms with Crippen molar-refractivity contribution in [3.8, 4) is 5.75 Å². The number of thioether (sulfide) groups is 1. The quantitative estimate of drug-likeness (QED) is 0.139. The highest BCUT2D eigenvalue weighted by atomic mass is 35.5. The largest absolute Gasteiger partial charge is 0.488 e. The average molecular weight is 551 g/mol. The summed E-state index contributed by atoms with van der Waals surface area (Å²) in [5.74, 6) is -0.419. The molecule has 0 aromatic heterocycles. The van der Waals surface area contributed by atoms with Crippen LogP contribution in [0.5, 0.6) is 5.75 Å². The molecule has 0 saturated carbocycles. The van der Waals surface area contributed by atoms with Crippen molar-refractivity contribution in [2.24, 2.45) is 0 Å². The minimum Gasteiger partial charge on any atom is -0.488 e. The van der Waals surface area contributed by atoms with Gasteiger partial charge in [0, 0.05) is 28.3 Å². The molecule has 1 aliphatic heterocycles. The van der Waals surface area contributed by atoms with E-state index in [-0.39, 0.29) is 38.5 Å². The molecule has 1 aliphatic rings. The van der Waals surface area contributed by atoms with E-state index < -0.39 is 22.6 Å². The van der Waals surface area contributed by atoms with Crippen molar-refractivity contribution in [3.63, 3.8) is 0 Å². The van der Waals surface area contributed by atoms with Gasteiger partial charge in [0.1, 0.15) is 12.4 Å². The van der Waals surface area contributed by atoms with Crippen LogP contribution in [0.25, 0.3) is 6.08 Å². The second-order valence-corrected chi connectivity index (χ2v) is 9.51. The summed E-state index contributed by atoms with van der Waals surface area (Å²) < 4.78 is 45.3. The van der Waals surface area contributed by atoms with E-state index in [1.54, 1.807) is 24.3 Å². The fourth-order valence-corrected chi connectivity index (χ4v) is 4.80. The molecule has 3 aromatic carbocycles. The molecule has 0 bridgehead atoms. The van der Waals surface area contributed by atoms with E-state index in [1.165, 1.54) is 36.4 Å². The SMILES string of the molecule is O=C1/C(=C\c2cc([N+](=O)[O-])ccc2OCc2ccccc2Cl)SC(=S)N1c1cccc(C(F)(F)F)c1. The van der Waals surface area contributed by atoms with Crippen molar-refractivity contribution in [3.05, 3.63) is 103 Å². The van der Waals surface area contributed by atoms with Gasteiger partial charge < -0.3 is 4.74 Å². The summed E-state index contributed by atoms with van der Waals surface area (Å²) in [6.45, 7) is 0.0590. The number of amides is 1. The molecule has 0 unspecified atom stereocenters. The Hall–Kier alpha value is -3.41. The van der Waals surface area contributed by atoms with E-state index in [9.17, 15) is 28.1 Å². The molecular formula is C24H14ClF3N2O4S2. The van der Waals surface area contributed by atoms with Crippen molar-refractivity contribution in [1.29, 1.82) is 0 Å². The number of carbonyl (C=O) groups excluding carboxylic acids is 1. The number of rotatable bonds is 6. The zero-order valence-corrected chi connectivity index (χ0v) is 20.4. The maximum absolute atomic E-state index is 13.2. The Balaban J connectivity index is 1.67. The molecule has 12 heteroatoms. The lowest BCUT2D eigenvalue weighted by Gasteiger charge is -2.16. The zero-order valence-electron chi connectivity index (χ0n) is 18.0. The third-order valence-corrected chi connectivity index (χ3v) is 6.73. The molecule has 1 heterocycles. The van der Waals surface area contributed by atoms with Crippen LogP contribution in [0, 0.1) is 10.1 Å². The number of alkyl halides is 3. The lowest BCUT2D eigenvalue weighted by Crippen LogP contribution is -2.27. The van der Waals surface area contributed by atoms with Gasteiger partial charge in [-0.2, -0.15) is 13.2 Å². The highest BCUT2D eigenvalue weighted by Gasteiger charge is 2.36. The number of nitrogens with zero attached hydrogens (tertiary/aromatic N) is 2. The Morgan fingerprint density at radius 3 is 2.56 bits per heavy atom. The number of nitro benzene ring substituents is 1. The van der Waals surface area contributed by atoms with Crippen LogP contribution in [-0.4, -0.2) is 15.2 Å². The molecule has 0 radical (unpaired) electrons. The molecule has 6 nitrogen and oxygen atoms in total. The summed E-state index contributed by atoms with van der Waals surface area (Å²) in [5, 5.41) is 11.8. The Bertz CT molecular complexity index is 1410. The fourth-order valence-electron chi connectivity index (χ4n) is 3.32. The van der Waals surface area contributed by atoms with Crippen molar-refractivity contribution in [2.75, 3.05) is 4.90 Å². The Labute approximate surface area is 217 Å². The van der Waals surface area contributed by atoms with E-state index in [1.807, 2.05) is 0 Å². The van der Waals surface area contributed by atoms with Crippen molar-refractivity contribution in [2.45, 2.75) is 12.8 Å². The van der Waals surface area contributed by atoms with Crippen LogP contribution in [-0.2, 0) is 17.6 Å². The third-order valence-electron chi connectivity index (χ3n) is 5.06. The summed E-state index contributed by atoms with van der Waals surface area (Å²) in [5.41, 5.74) is -0.295. The van der Waals surface area contributed by atoms with E-state index >= 15 is 0 Å². The van der Waals surface area contributed by atoms with Crippen LogP contribution in [0.15, 0.2) is 71.6 Å². The molecule has 3 aromatic rings. The van der Waals surface area contributed by atoms with Gasteiger partial charge in [0.05, 0.1) is 21.1 Å². The Morgan fingerprint density at radius 2 is 1.86 bits per heavy atom. The van der Waals surface area contributed by atoms with E-state index in [2.05, 4.69) is 0 Å². The number of carbonyl (C=O) groups is 1. The maximum atomic E-state index is 13.2. The number of ether oxygens (including phenoxy) is 1. The summed E-state index contributed by atoms with van der Waals surface area (Å²) in [4.78, 5) is 24.9. The van der Waals surface area contributed by atoms with Gasteiger partial charge in [0.25, 0.3) is 11.6 Å². The third kappa shape index (κ3) is 5.53. The number of anilines is 1. The first-order valence-corrected chi connectivity index (χ1v) is 11.7. The molecule has 0 N–H and O–H groups in total. The van der Waals surface area contributed by atoms with E-state index in [0.717, 1.165) is 28.8 Å². The first kappa shape index (κ1) is 25.7. The van der Waals surface area contributed by atoms with Gasteiger partial charge in [-0.25, -0.2) is 0 Å². The lowest BCUT2D eigenvalue weighted by molar-refractivity contribution is -0.384. The molecular weight excluding hydrogens is 537 g/mol. The van der Waals surface area contributed by atoms with Gasteiger partial charge in [-0.1, -0.05) is 59.8 Å². The van der Waals surface area contributed by atoms with Gasteiger partial charge in [0.15, 0.2) is 4.32 Å². The Kier molecular flexibility index (Phi) is 7.34. The zero-order chi connectivity index (χ0) is 26.0. The number of benzene rings is 3. The van der Waals surface area contributed by atoms with Gasteiger partial charge in [-0.15, -0.1) is 0 Å². The summed E-state index contributed by atoms with van der Waals surface area (Å²) in [7, 11) is 0. The fraction of sp³-hybridized carbons (Fsp3) is 0.0833. The number of halogens is 4.